The van der Waals surface area contributed by atoms with Crippen LogP contribution in [0, 0.1) is 12.7 Å². The molecule has 1 aliphatic carbocycles. The lowest BCUT2D eigenvalue weighted by Crippen LogP contribution is -2.12. The van der Waals surface area contributed by atoms with Crippen LogP contribution in [0.3, 0.4) is 0 Å². The standard InChI is InChI=1S/C23H18ClFN2O4/c1-11-6-19(31-27-11)21(29)20-15-8-14(16(24)9-18(15)26-22(20)30)13-3-2-12(7-17(13)25)23(10-28)4-5-23/h2-3,6-9,28-29H,4-5,10H2,1H3,(H,26,30)/b21-20+. The maximum absolute atomic E-state index is 15.1. The first-order valence-electron chi connectivity index (χ1n) is 9.76. The van der Waals surface area contributed by atoms with Crippen molar-refractivity contribution in [3.8, 4) is 11.1 Å². The lowest BCUT2D eigenvalue weighted by molar-refractivity contribution is -0.110. The third-order valence-electron chi connectivity index (χ3n) is 5.98. The van der Waals surface area contributed by atoms with Crippen LogP contribution in [0.2, 0.25) is 5.02 Å². The first kappa shape index (κ1) is 19.8. The predicted octanol–water partition coefficient (Wildman–Crippen LogP) is 4.84. The molecular weight excluding hydrogens is 423 g/mol. The number of aryl methyl sites for hydroxylation is 1. The van der Waals surface area contributed by atoms with Gasteiger partial charge in [-0.15, -0.1) is 0 Å². The van der Waals surface area contributed by atoms with E-state index in [0.29, 0.717) is 22.5 Å². The molecule has 0 unspecified atom stereocenters. The maximum Gasteiger partial charge on any atom is 0.260 e. The Kier molecular flexibility index (Phi) is 4.42. The highest BCUT2D eigenvalue weighted by molar-refractivity contribution is 6.38. The summed E-state index contributed by atoms with van der Waals surface area (Å²) in [5.74, 6) is -1.30. The Morgan fingerprint density at radius 1 is 1.23 bits per heavy atom. The van der Waals surface area contributed by atoms with E-state index in [1.54, 1.807) is 25.1 Å². The topological polar surface area (TPSA) is 95.6 Å². The van der Waals surface area contributed by atoms with Crippen LogP contribution in [0.5, 0.6) is 0 Å². The van der Waals surface area contributed by atoms with Gasteiger partial charge in [0.1, 0.15) is 5.82 Å². The van der Waals surface area contributed by atoms with Gasteiger partial charge in [-0.2, -0.15) is 0 Å². The Hall–Kier alpha value is -3.16. The van der Waals surface area contributed by atoms with Gasteiger partial charge in [0.2, 0.25) is 5.76 Å². The fraction of sp³-hybridized carbons (Fsp3) is 0.217. The van der Waals surface area contributed by atoms with Gasteiger partial charge in [0.15, 0.2) is 5.76 Å². The molecule has 2 aromatic carbocycles. The molecule has 1 fully saturated rings. The number of halogens is 2. The third kappa shape index (κ3) is 3.12. The minimum absolute atomic E-state index is 0.00157. The number of hydrogen-bond acceptors (Lipinski definition) is 5. The Balaban J connectivity index is 1.62. The molecule has 0 atom stereocenters. The van der Waals surface area contributed by atoms with Gasteiger partial charge in [-0.25, -0.2) is 4.39 Å². The molecule has 0 radical (unpaired) electrons. The summed E-state index contributed by atoms with van der Waals surface area (Å²) in [6.45, 7) is 1.67. The van der Waals surface area contributed by atoms with Crippen LogP contribution < -0.4 is 5.32 Å². The molecule has 1 saturated carbocycles. The average molecular weight is 441 g/mol. The van der Waals surface area contributed by atoms with Crippen LogP contribution in [0.25, 0.3) is 22.5 Å². The van der Waals surface area contributed by atoms with Gasteiger partial charge in [-0.05, 0) is 43.5 Å². The molecule has 0 saturated heterocycles. The second-order valence-electron chi connectivity index (χ2n) is 8.02. The van der Waals surface area contributed by atoms with Crippen LogP contribution in [0.4, 0.5) is 10.1 Å². The Morgan fingerprint density at radius 2 is 2.00 bits per heavy atom. The maximum atomic E-state index is 15.1. The van der Waals surface area contributed by atoms with Crippen molar-refractivity contribution in [3.05, 3.63) is 69.8 Å². The number of benzene rings is 2. The Bertz CT molecular complexity index is 1280. The molecule has 2 aliphatic rings. The van der Waals surface area contributed by atoms with Crippen molar-refractivity contribution in [1.29, 1.82) is 0 Å². The van der Waals surface area contributed by atoms with Crippen molar-refractivity contribution < 1.29 is 23.9 Å². The number of anilines is 1. The average Bonchev–Trinajstić information content (AvgIpc) is 3.32. The molecule has 0 bridgehead atoms. The zero-order valence-corrected chi connectivity index (χ0v) is 17.3. The lowest BCUT2D eigenvalue weighted by Gasteiger charge is -2.15. The molecule has 1 amide bonds. The number of aromatic nitrogens is 1. The fourth-order valence-corrected chi connectivity index (χ4v) is 4.25. The summed E-state index contributed by atoms with van der Waals surface area (Å²) in [5, 5.41) is 26.9. The van der Waals surface area contributed by atoms with Gasteiger partial charge in [0.25, 0.3) is 5.91 Å². The van der Waals surface area contributed by atoms with E-state index < -0.39 is 11.7 Å². The number of nitrogens with one attached hydrogen (secondary N) is 1. The number of carbonyl (C=O) groups is 1. The van der Waals surface area contributed by atoms with Gasteiger partial charge in [-0.3, -0.25) is 4.79 Å². The summed E-state index contributed by atoms with van der Waals surface area (Å²) < 4.78 is 20.1. The van der Waals surface area contributed by atoms with E-state index in [-0.39, 0.29) is 39.7 Å². The number of carbonyl (C=O) groups excluding carboxylic acids is 1. The van der Waals surface area contributed by atoms with Crippen molar-refractivity contribution in [2.24, 2.45) is 0 Å². The second kappa shape index (κ2) is 6.93. The largest absolute Gasteiger partial charge is 0.504 e. The van der Waals surface area contributed by atoms with Crippen LogP contribution in [0.1, 0.15) is 35.4 Å². The molecule has 2 heterocycles. The highest BCUT2D eigenvalue weighted by Crippen LogP contribution is 2.49. The lowest BCUT2D eigenvalue weighted by atomic mass is 9.92. The zero-order chi connectivity index (χ0) is 21.9. The molecule has 1 aliphatic heterocycles. The highest BCUT2D eigenvalue weighted by atomic mass is 35.5. The molecule has 31 heavy (non-hydrogen) atoms. The molecular formula is C23H18ClFN2O4. The van der Waals surface area contributed by atoms with E-state index in [9.17, 15) is 15.0 Å². The highest BCUT2D eigenvalue weighted by Gasteiger charge is 2.44. The normalized spacial score (nSPS) is 18.0. The van der Waals surface area contributed by atoms with E-state index >= 15 is 4.39 Å². The summed E-state index contributed by atoms with van der Waals surface area (Å²) in [6.07, 6.45) is 1.65. The number of amides is 1. The molecule has 8 heteroatoms. The van der Waals surface area contributed by atoms with E-state index in [1.165, 1.54) is 18.2 Å². The van der Waals surface area contributed by atoms with E-state index in [0.717, 1.165) is 18.4 Å². The van der Waals surface area contributed by atoms with Crippen molar-refractivity contribution in [2.75, 3.05) is 11.9 Å². The first-order chi connectivity index (χ1) is 14.8. The molecule has 1 aromatic heterocycles. The van der Waals surface area contributed by atoms with Gasteiger partial charge in [-0.1, -0.05) is 28.9 Å². The summed E-state index contributed by atoms with van der Waals surface area (Å²) in [7, 11) is 0. The van der Waals surface area contributed by atoms with Gasteiger partial charge < -0.3 is 20.1 Å². The van der Waals surface area contributed by atoms with E-state index in [1.807, 2.05) is 0 Å². The van der Waals surface area contributed by atoms with Crippen molar-refractivity contribution in [1.82, 2.24) is 5.16 Å². The SMILES string of the molecule is Cc1cc(/C(O)=C2\C(=O)Nc3cc(Cl)c(-c4ccc(C5(CO)CC5)cc4F)cc32)on1. The van der Waals surface area contributed by atoms with Crippen LogP contribution in [0.15, 0.2) is 40.9 Å². The van der Waals surface area contributed by atoms with Crippen molar-refractivity contribution in [2.45, 2.75) is 25.2 Å². The number of nitrogens with zero attached hydrogens (tertiary/aromatic N) is 1. The first-order valence-corrected chi connectivity index (χ1v) is 10.1. The molecule has 158 valence electrons. The molecule has 0 spiro atoms. The minimum Gasteiger partial charge on any atom is -0.504 e. The molecule has 3 aromatic rings. The predicted molar refractivity (Wildman–Crippen MR) is 114 cm³/mol. The van der Waals surface area contributed by atoms with Gasteiger partial charge in [0.05, 0.1) is 28.6 Å². The smallest absolute Gasteiger partial charge is 0.260 e. The van der Waals surface area contributed by atoms with Crippen LogP contribution in [-0.4, -0.2) is 27.9 Å². The summed E-state index contributed by atoms with van der Waals surface area (Å²) in [5.41, 5.74) is 2.39. The number of aliphatic hydroxyl groups excluding tert-OH is 2. The molecule has 3 N–H and O–H groups in total. The zero-order valence-electron chi connectivity index (χ0n) is 16.5. The number of aliphatic hydroxyl groups is 2. The summed E-state index contributed by atoms with van der Waals surface area (Å²) in [4.78, 5) is 12.5. The van der Waals surface area contributed by atoms with E-state index in [2.05, 4.69) is 10.5 Å². The number of hydrogen-bond donors (Lipinski definition) is 3. The monoisotopic (exact) mass is 440 g/mol. The second-order valence-corrected chi connectivity index (χ2v) is 8.43. The Labute approximate surface area is 181 Å². The summed E-state index contributed by atoms with van der Waals surface area (Å²) in [6, 6.07) is 9.46. The van der Waals surface area contributed by atoms with Crippen molar-refractivity contribution in [3.63, 3.8) is 0 Å². The van der Waals surface area contributed by atoms with Gasteiger partial charge >= 0.3 is 0 Å². The Morgan fingerprint density at radius 3 is 2.61 bits per heavy atom. The van der Waals surface area contributed by atoms with E-state index in [4.69, 9.17) is 16.1 Å². The quantitative estimate of drug-likeness (QED) is 0.398. The number of rotatable bonds is 4. The minimum atomic E-state index is -0.524. The van der Waals surface area contributed by atoms with Crippen LogP contribution in [-0.2, 0) is 10.2 Å². The van der Waals surface area contributed by atoms with Gasteiger partial charge in [0, 0.05) is 28.2 Å². The molecule has 5 rings (SSSR count). The summed E-state index contributed by atoms with van der Waals surface area (Å²) >= 11 is 6.41. The number of fused-ring (bicyclic) bond motifs is 1. The van der Waals surface area contributed by atoms with Crippen molar-refractivity contribution >= 4 is 34.5 Å². The molecule has 6 nitrogen and oxygen atoms in total. The third-order valence-corrected chi connectivity index (χ3v) is 6.29. The van der Waals surface area contributed by atoms with Crippen LogP contribution >= 0.6 is 11.6 Å². The fourth-order valence-electron chi connectivity index (χ4n) is 3.98.